The Balaban J connectivity index is 1.20. The van der Waals surface area contributed by atoms with E-state index in [2.05, 4.69) is 34.5 Å². The zero-order valence-corrected chi connectivity index (χ0v) is 18.9. The van der Waals surface area contributed by atoms with Crippen LogP contribution in [0.5, 0.6) is 0 Å². The van der Waals surface area contributed by atoms with Gasteiger partial charge in [0.1, 0.15) is 0 Å². The van der Waals surface area contributed by atoms with E-state index in [1.54, 1.807) is 0 Å². The molecule has 32 heavy (non-hydrogen) atoms. The largest absolute Gasteiger partial charge is 0.372 e. The van der Waals surface area contributed by atoms with Gasteiger partial charge in [-0.05, 0) is 73.8 Å². The quantitative estimate of drug-likeness (QED) is 0.735. The number of fused-ring (bicyclic) bond motifs is 1. The van der Waals surface area contributed by atoms with E-state index in [-0.39, 0.29) is 17.6 Å². The molecule has 0 saturated carbocycles. The van der Waals surface area contributed by atoms with Crippen LogP contribution in [0.4, 0.5) is 5.69 Å². The molecular weight excluding hydrogens is 400 g/mol. The lowest BCUT2D eigenvalue weighted by Gasteiger charge is -2.44. The minimum atomic E-state index is -0.194. The number of aryl methyl sites for hydroxylation is 2. The molecule has 2 fully saturated rings. The van der Waals surface area contributed by atoms with Crippen LogP contribution in [-0.4, -0.2) is 48.8 Å². The van der Waals surface area contributed by atoms with Gasteiger partial charge in [0, 0.05) is 25.4 Å². The minimum absolute atomic E-state index is 0.0181. The molecule has 170 valence electrons. The molecular formula is C27H34N2O3. The van der Waals surface area contributed by atoms with Crippen molar-refractivity contribution in [1.82, 2.24) is 4.90 Å². The Morgan fingerprint density at radius 1 is 1.06 bits per heavy atom. The maximum Gasteiger partial charge on any atom is 0.238 e. The van der Waals surface area contributed by atoms with Crippen LogP contribution >= 0.6 is 0 Å². The lowest BCUT2D eigenvalue weighted by molar-refractivity contribution is -0.159. The predicted molar refractivity (Wildman–Crippen MR) is 126 cm³/mol. The molecule has 2 aliphatic heterocycles. The van der Waals surface area contributed by atoms with Gasteiger partial charge in [0.15, 0.2) is 0 Å². The Kier molecular flexibility index (Phi) is 6.58. The van der Waals surface area contributed by atoms with Gasteiger partial charge in [0.2, 0.25) is 5.91 Å². The van der Waals surface area contributed by atoms with Gasteiger partial charge in [0.25, 0.3) is 0 Å². The highest BCUT2D eigenvalue weighted by Gasteiger charge is 2.47. The van der Waals surface area contributed by atoms with Gasteiger partial charge < -0.3 is 14.8 Å². The highest BCUT2D eigenvalue weighted by molar-refractivity contribution is 5.92. The van der Waals surface area contributed by atoms with Crippen molar-refractivity contribution in [2.45, 2.75) is 63.3 Å². The van der Waals surface area contributed by atoms with E-state index in [1.807, 2.05) is 24.3 Å². The first kappa shape index (κ1) is 21.6. The van der Waals surface area contributed by atoms with Gasteiger partial charge >= 0.3 is 0 Å². The van der Waals surface area contributed by atoms with Gasteiger partial charge in [-0.15, -0.1) is 0 Å². The molecule has 0 radical (unpaired) electrons. The zero-order valence-electron chi connectivity index (χ0n) is 18.9. The number of carbonyl (C=O) groups is 1. The first-order valence-corrected chi connectivity index (χ1v) is 12.1. The number of piperidine rings is 1. The van der Waals surface area contributed by atoms with Crippen molar-refractivity contribution in [3.8, 4) is 0 Å². The summed E-state index contributed by atoms with van der Waals surface area (Å²) in [6.45, 7) is 3.36. The number of carbonyl (C=O) groups excluding carboxylic acids is 1. The molecule has 1 spiro atoms. The second kappa shape index (κ2) is 9.74. The molecule has 2 aromatic carbocycles. The van der Waals surface area contributed by atoms with E-state index >= 15 is 0 Å². The van der Waals surface area contributed by atoms with Crippen LogP contribution in [0.15, 0.2) is 48.5 Å². The molecule has 1 aliphatic carbocycles. The molecule has 5 nitrogen and oxygen atoms in total. The fourth-order valence-electron chi connectivity index (χ4n) is 5.50. The SMILES string of the molecule is O=C(CN1CC[C@]2(CCCO2)[C@H](OCc2ccccc2)C1)Nc1ccc2c(c1)CCCC2. The molecule has 2 atom stereocenters. The number of hydrogen-bond donors (Lipinski definition) is 1. The second-order valence-corrected chi connectivity index (χ2v) is 9.53. The molecule has 0 unspecified atom stereocenters. The molecule has 0 bridgehead atoms. The van der Waals surface area contributed by atoms with Crippen molar-refractivity contribution in [3.63, 3.8) is 0 Å². The van der Waals surface area contributed by atoms with Crippen molar-refractivity contribution >= 4 is 11.6 Å². The fourth-order valence-corrected chi connectivity index (χ4v) is 5.50. The van der Waals surface area contributed by atoms with E-state index in [0.29, 0.717) is 13.2 Å². The molecule has 5 rings (SSSR count). The Morgan fingerprint density at radius 2 is 1.91 bits per heavy atom. The first-order valence-electron chi connectivity index (χ1n) is 12.1. The smallest absolute Gasteiger partial charge is 0.238 e. The van der Waals surface area contributed by atoms with Crippen LogP contribution in [0.3, 0.4) is 0 Å². The van der Waals surface area contributed by atoms with Crippen molar-refractivity contribution in [2.75, 3.05) is 31.6 Å². The van der Waals surface area contributed by atoms with E-state index < -0.39 is 0 Å². The van der Waals surface area contributed by atoms with E-state index in [9.17, 15) is 4.79 Å². The lowest BCUT2D eigenvalue weighted by atomic mass is 9.85. The standard InChI is InChI=1S/C27H34N2O3/c30-26(28-24-12-11-22-9-4-5-10-23(22)17-24)19-29-15-14-27(13-6-16-32-27)25(18-29)31-20-21-7-2-1-3-8-21/h1-3,7-8,11-12,17,25H,4-6,9-10,13-16,18-20H2,(H,28,30)/t25-,27-/m1/s1. The summed E-state index contributed by atoms with van der Waals surface area (Å²) < 4.78 is 12.6. The molecule has 0 aromatic heterocycles. The Labute approximate surface area is 191 Å². The van der Waals surface area contributed by atoms with Gasteiger partial charge in [-0.3, -0.25) is 9.69 Å². The topological polar surface area (TPSA) is 50.8 Å². The Hall–Kier alpha value is -2.21. The highest BCUT2D eigenvalue weighted by atomic mass is 16.6. The average Bonchev–Trinajstić information content (AvgIpc) is 3.29. The van der Waals surface area contributed by atoms with Crippen LogP contribution in [-0.2, 0) is 33.7 Å². The maximum atomic E-state index is 12.8. The number of ether oxygens (including phenoxy) is 2. The lowest BCUT2D eigenvalue weighted by Crippen LogP contribution is -2.57. The van der Waals surface area contributed by atoms with Crippen molar-refractivity contribution in [1.29, 1.82) is 0 Å². The molecule has 1 N–H and O–H groups in total. The number of benzene rings is 2. The van der Waals surface area contributed by atoms with Crippen LogP contribution < -0.4 is 5.32 Å². The number of likely N-dealkylation sites (tertiary alicyclic amines) is 1. The summed E-state index contributed by atoms with van der Waals surface area (Å²) >= 11 is 0. The van der Waals surface area contributed by atoms with E-state index in [1.165, 1.54) is 29.5 Å². The van der Waals surface area contributed by atoms with Crippen molar-refractivity contribution < 1.29 is 14.3 Å². The predicted octanol–water partition coefficient (Wildman–Crippen LogP) is 4.34. The molecule has 1 amide bonds. The summed E-state index contributed by atoms with van der Waals surface area (Å²) in [6, 6.07) is 16.7. The van der Waals surface area contributed by atoms with Gasteiger partial charge in [0.05, 0.1) is 24.9 Å². The number of nitrogens with zero attached hydrogens (tertiary/aromatic N) is 1. The third-order valence-electron chi connectivity index (χ3n) is 7.29. The summed E-state index contributed by atoms with van der Waals surface area (Å²) in [5.41, 5.74) is 4.72. The number of anilines is 1. The van der Waals surface area contributed by atoms with E-state index in [4.69, 9.17) is 9.47 Å². The minimum Gasteiger partial charge on any atom is -0.372 e. The first-order chi connectivity index (χ1) is 15.7. The zero-order chi connectivity index (χ0) is 21.8. The fraction of sp³-hybridized carbons (Fsp3) is 0.519. The summed E-state index contributed by atoms with van der Waals surface area (Å²) in [6.07, 6.45) is 7.82. The number of amides is 1. The number of hydrogen-bond acceptors (Lipinski definition) is 4. The van der Waals surface area contributed by atoms with Gasteiger partial charge in [-0.25, -0.2) is 0 Å². The van der Waals surface area contributed by atoms with E-state index in [0.717, 1.165) is 57.5 Å². The third-order valence-corrected chi connectivity index (χ3v) is 7.29. The van der Waals surface area contributed by atoms with Gasteiger partial charge in [-0.2, -0.15) is 0 Å². The number of rotatable bonds is 6. The van der Waals surface area contributed by atoms with Crippen LogP contribution in [0.2, 0.25) is 0 Å². The van der Waals surface area contributed by atoms with Crippen LogP contribution in [0, 0.1) is 0 Å². The molecule has 2 heterocycles. The van der Waals surface area contributed by atoms with Crippen LogP contribution in [0.1, 0.15) is 48.8 Å². The third kappa shape index (κ3) is 4.90. The molecule has 2 aromatic rings. The number of nitrogens with one attached hydrogen (secondary N) is 1. The van der Waals surface area contributed by atoms with Crippen LogP contribution in [0.25, 0.3) is 0 Å². The summed E-state index contributed by atoms with van der Waals surface area (Å²) in [7, 11) is 0. The molecule has 2 saturated heterocycles. The second-order valence-electron chi connectivity index (χ2n) is 9.53. The van der Waals surface area contributed by atoms with Crippen molar-refractivity contribution in [2.24, 2.45) is 0 Å². The Bertz CT molecular complexity index is 924. The Morgan fingerprint density at radius 3 is 2.72 bits per heavy atom. The average molecular weight is 435 g/mol. The molecule has 5 heteroatoms. The summed E-state index contributed by atoms with van der Waals surface area (Å²) in [4.78, 5) is 15.0. The maximum absolute atomic E-state index is 12.8. The summed E-state index contributed by atoms with van der Waals surface area (Å²) in [5, 5.41) is 3.12. The monoisotopic (exact) mass is 434 g/mol. The normalized spacial score (nSPS) is 25.6. The van der Waals surface area contributed by atoms with Crippen molar-refractivity contribution in [3.05, 3.63) is 65.2 Å². The van der Waals surface area contributed by atoms with Gasteiger partial charge in [-0.1, -0.05) is 36.4 Å². The summed E-state index contributed by atoms with van der Waals surface area (Å²) in [5.74, 6) is 0.0471. The molecule has 3 aliphatic rings. The highest BCUT2D eigenvalue weighted by Crippen LogP contribution is 2.38.